The molecule has 0 spiro atoms. The van der Waals surface area contributed by atoms with Crippen molar-refractivity contribution in [2.75, 3.05) is 5.32 Å². The van der Waals surface area contributed by atoms with Gasteiger partial charge in [-0.05, 0) is 18.6 Å². The van der Waals surface area contributed by atoms with Crippen LogP contribution >= 0.6 is 0 Å². The Morgan fingerprint density at radius 2 is 1.96 bits per heavy atom. The monoisotopic (exact) mass is 388 g/mol. The zero-order chi connectivity index (χ0) is 20.2. The van der Waals surface area contributed by atoms with Gasteiger partial charge in [-0.1, -0.05) is 0 Å². The first-order chi connectivity index (χ1) is 13.2. The van der Waals surface area contributed by atoms with E-state index in [1.54, 1.807) is 13.0 Å². The summed E-state index contributed by atoms with van der Waals surface area (Å²) in [5.74, 6) is -5.57. The average Bonchev–Trinajstić information content (AvgIpc) is 3.30. The van der Waals surface area contributed by atoms with Crippen LogP contribution in [-0.4, -0.2) is 26.4 Å². The van der Waals surface area contributed by atoms with E-state index in [0.717, 1.165) is 6.20 Å². The van der Waals surface area contributed by atoms with Gasteiger partial charge >= 0.3 is 0 Å². The highest BCUT2D eigenvalue weighted by molar-refractivity contribution is 5.96. The number of hydrogen-bond donors (Lipinski definition) is 1. The van der Waals surface area contributed by atoms with Gasteiger partial charge in [-0.15, -0.1) is 0 Å². The highest BCUT2D eigenvalue weighted by atomic mass is 19.3. The predicted molar refractivity (Wildman–Crippen MR) is 96.6 cm³/mol. The zero-order valence-corrected chi connectivity index (χ0v) is 15.0. The van der Waals surface area contributed by atoms with Gasteiger partial charge in [0.1, 0.15) is 17.6 Å². The summed E-state index contributed by atoms with van der Waals surface area (Å²) in [7, 11) is 1.52. The number of amides is 1. The molecule has 0 aromatic carbocycles. The lowest BCUT2D eigenvalue weighted by Crippen LogP contribution is -2.21. The van der Waals surface area contributed by atoms with E-state index in [-0.39, 0.29) is 16.9 Å². The van der Waals surface area contributed by atoms with E-state index in [9.17, 15) is 22.8 Å². The zero-order valence-electron chi connectivity index (χ0n) is 15.0. The van der Waals surface area contributed by atoms with Crippen LogP contribution in [0.4, 0.5) is 19.0 Å². The molecular formula is C19H15F3N4O2. The fourth-order valence-electron chi connectivity index (χ4n) is 3.11. The second-order valence-electron chi connectivity index (χ2n) is 6.85. The Hall–Kier alpha value is -3.23. The summed E-state index contributed by atoms with van der Waals surface area (Å²) in [6.45, 7) is 1.56. The Balaban J connectivity index is 1.76. The molecule has 3 aromatic rings. The van der Waals surface area contributed by atoms with Gasteiger partial charge in [-0.25, -0.2) is 18.2 Å². The van der Waals surface area contributed by atoms with Gasteiger partial charge in [0.05, 0.1) is 11.7 Å². The molecule has 28 heavy (non-hydrogen) atoms. The molecule has 1 N–H and O–H groups in total. The Morgan fingerprint density at radius 1 is 1.25 bits per heavy atom. The molecule has 4 rings (SSSR count). The van der Waals surface area contributed by atoms with Crippen LogP contribution < -0.4 is 10.9 Å². The third-order valence-electron chi connectivity index (χ3n) is 4.95. The molecule has 0 saturated heterocycles. The van der Waals surface area contributed by atoms with Crippen molar-refractivity contribution in [1.29, 1.82) is 0 Å². The van der Waals surface area contributed by atoms with Crippen molar-refractivity contribution in [1.82, 2.24) is 14.5 Å². The first-order valence-electron chi connectivity index (χ1n) is 8.48. The van der Waals surface area contributed by atoms with E-state index >= 15 is 0 Å². The lowest BCUT2D eigenvalue weighted by atomic mass is 10.0. The molecule has 0 bridgehead atoms. The van der Waals surface area contributed by atoms with Crippen LogP contribution in [0.5, 0.6) is 0 Å². The normalized spacial score (nSPS) is 17.5. The molecule has 0 radical (unpaired) electrons. The lowest BCUT2D eigenvalue weighted by molar-refractivity contribution is -0.119. The number of nitrogens with one attached hydrogen (secondary N) is 1. The Kier molecular flexibility index (Phi) is 3.99. The molecule has 1 fully saturated rings. The molecule has 9 heteroatoms. The van der Waals surface area contributed by atoms with Crippen LogP contribution in [0.15, 0.2) is 35.5 Å². The molecule has 1 atom stereocenters. The van der Waals surface area contributed by atoms with Crippen LogP contribution in [-0.2, 0) is 11.8 Å². The molecular weight excluding hydrogens is 373 g/mol. The third kappa shape index (κ3) is 2.92. The maximum atomic E-state index is 13.8. The number of carbonyl (C=O) groups excluding carboxylic acids is 1. The molecule has 1 saturated carbocycles. The SMILES string of the molecule is Cc1c(F)cncc1-c1cc2cnc(NC(=O)C3CC3(F)F)cc2n(C)c1=O. The summed E-state index contributed by atoms with van der Waals surface area (Å²) in [5, 5.41) is 2.92. The summed E-state index contributed by atoms with van der Waals surface area (Å²) in [6.07, 6.45) is 3.43. The molecule has 3 aromatic heterocycles. The topological polar surface area (TPSA) is 76.9 Å². The first kappa shape index (κ1) is 18.1. The number of alkyl halides is 2. The van der Waals surface area contributed by atoms with Gasteiger partial charge < -0.3 is 9.88 Å². The fourth-order valence-corrected chi connectivity index (χ4v) is 3.11. The van der Waals surface area contributed by atoms with Crippen LogP contribution in [0.2, 0.25) is 0 Å². The molecule has 144 valence electrons. The first-order valence-corrected chi connectivity index (χ1v) is 8.48. The van der Waals surface area contributed by atoms with Gasteiger partial charge in [0.25, 0.3) is 11.5 Å². The van der Waals surface area contributed by atoms with Gasteiger partial charge in [0.2, 0.25) is 5.91 Å². The van der Waals surface area contributed by atoms with Crippen LogP contribution in [0.25, 0.3) is 22.0 Å². The second-order valence-corrected chi connectivity index (χ2v) is 6.85. The minimum absolute atomic E-state index is 0.0755. The molecule has 1 aliphatic rings. The Labute approximate surface area is 157 Å². The number of rotatable bonds is 3. The number of carbonyl (C=O) groups is 1. The summed E-state index contributed by atoms with van der Waals surface area (Å²) in [6, 6.07) is 3.00. The minimum atomic E-state index is -2.97. The van der Waals surface area contributed by atoms with Crippen molar-refractivity contribution < 1.29 is 18.0 Å². The summed E-state index contributed by atoms with van der Waals surface area (Å²) >= 11 is 0. The van der Waals surface area contributed by atoms with Crippen LogP contribution in [0, 0.1) is 18.7 Å². The fraction of sp³-hybridized carbons (Fsp3) is 0.263. The largest absolute Gasteiger partial charge is 0.311 e. The van der Waals surface area contributed by atoms with E-state index in [1.165, 1.54) is 30.1 Å². The third-order valence-corrected chi connectivity index (χ3v) is 4.95. The summed E-state index contributed by atoms with van der Waals surface area (Å²) < 4.78 is 41.2. The Bertz CT molecular complexity index is 1190. The van der Waals surface area contributed by atoms with E-state index in [2.05, 4.69) is 15.3 Å². The number of fused-ring (bicyclic) bond motifs is 1. The highest BCUT2D eigenvalue weighted by Crippen LogP contribution is 2.49. The summed E-state index contributed by atoms with van der Waals surface area (Å²) in [5.41, 5.74) is 0.990. The van der Waals surface area contributed by atoms with E-state index in [0.29, 0.717) is 22.0 Å². The maximum Gasteiger partial charge on any atom is 0.260 e. The number of hydrogen-bond acceptors (Lipinski definition) is 4. The van der Waals surface area contributed by atoms with Crippen molar-refractivity contribution in [3.05, 3.63) is 52.5 Å². The van der Waals surface area contributed by atoms with Crippen LogP contribution in [0.1, 0.15) is 12.0 Å². The molecule has 1 amide bonds. The highest BCUT2D eigenvalue weighted by Gasteiger charge is 2.61. The van der Waals surface area contributed by atoms with E-state index < -0.39 is 30.0 Å². The number of aryl methyl sites for hydroxylation is 1. The average molecular weight is 388 g/mol. The smallest absolute Gasteiger partial charge is 0.260 e. The molecule has 0 aliphatic heterocycles. The van der Waals surface area contributed by atoms with Gasteiger partial charge in [-0.2, -0.15) is 0 Å². The molecule has 6 nitrogen and oxygen atoms in total. The summed E-state index contributed by atoms with van der Waals surface area (Å²) in [4.78, 5) is 32.5. The number of nitrogens with zero attached hydrogens (tertiary/aromatic N) is 3. The lowest BCUT2D eigenvalue weighted by Gasteiger charge is -2.12. The Morgan fingerprint density at radius 3 is 2.64 bits per heavy atom. The van der Waals surface area contributed by atoms with Gasteiger partial charge in [0, 0.05) is 48.4 Å². The maximum absolute atomic E-state index is 13.8. The van der Waals surface area contributed by atoms with Crippen molar-refractivity contribution in [3.63, 3.8) is 0 Å². The van der Waals surface area contributed by atoms with Crippen molar-refractivity contribution in [2.24, 2.45) is 13.0 Å². The second kappa shape index (κ2) is 6.15. The number of halogens is 3. The van der Waals surface area contributed by atoms with Crippen molar-refractivity contribution in [3.8, 4) is 11.1 Å². The predicted octanol–water partition coefficient (Wildman–Crippen LogP) is 3.04. The quantitative estimate of drug-likeness (QED) is 0.748. The molecule has 3 heterocycles. The van der Waals surface area contributed by atoms with Gasteiger partial charge in [0.15, 0.2) is 0 Å². The standard InChI is InChI=1S/C19H15F3N4O2/c1-9-12(7-23-8-14(9)20)11-3-10-6-24-16(4-15(10)26(2)18(11)28)25-17(27)13-5-19(13,21)22/h3-4,6-8,13H,5H2,1-2H3,(H,24,25,27). The number of pyridine rings is 3. The number of aromatic nitrogens is 3. The van der Waals surface area contributed by atoms with Crippen molar-refractivity contribution >= 4 is 22.6 Å². The molecule has 1 aliphatic carbocycles. The van der Waals surface area contributed by atoms with E-state index in [1.807, 2.05) is 0 Å². The van der Waals surface area contributed by atoms with Crippen LogP contribution in [0.3, 0.4) is 0 Å². The minimum Gasteiger partial charge on any atom is -0.311 e. The van der Waals surface area contributed by atoms with E-state index in [4.69, 9.17) is 0 Å². The van der Waals surface area contributed by atoms with Gasteiger partial charge in [-0.3, -0.25) is 14.6 Å². The number of anilines is 1. The molecule has 1 unspecified atom stereocenters. The van der Waals surface area contributed by atoms with Crippen molar-refractivity contribution in [2.45, 2.75) is 19.3 Å².